The molecule has 4 amide bonds. The Bertz CT molecular complexity index is 2280. The van der Waals surface area contributed by atoms with Crippen LogP contribution < -0.4 is 10.4 Å². The van der Waals surface area contributed by atoms with Crippen molar-refractivity contribution in [2.75, 3.05) is 17.5 Å². The maximum absolute atomic E-state index is 15.1. The van der Waals surface area contributed by atoms with Crippen LogP contribution in [0, 0.1) is 29.5 Å². The lowest BCUT2D eigenvalue weighted by molar-refractivity contribution is -0.142. The molecule has 3 fully saturated rings. The minimum absolute atomic E-state index is 0.000274. The summed E-state index contributed by atoms with van der Waals surface area (Å²) in [5.74, 6) is -8.65. The summed E-state index contributed by atoms with van der Waals surface area (Å²) in [5, 5.41) is 12.6. The number of aliphatic hydroxyl groups excluding tert-OH is 1. The van der Waals surface area contributed by atoms with Crippen LogP contribution in [0.2, 0.25) is 10.0 Å². The summed E-state index contributed by atoms with van der Waals surface area (Å²) in [4.78, 5) is 62.1. The number of pyridine rings is 1. The van der Waals surface area contributed by atoms with Gasteiger partial charge in [-0.15, -0.1) is 0 Å². The molecule has 2 saturated heterocycles. The lowest BCUT2D eigenvalue weighted by Gasteiger charge is -2.49. The number of anilines is 2. The van der Waals surface area contributed by atoms with Gasteiger partial charge in [0.15, 0.2) is 5.82 Å². The fourth-order valence-electron chi connectivity index (χ4n) is 8.79. The second kappa shape index (κ2) is 13.2. The first-order chi connectivity index (χ1) is 26.2. The van der Waals surface area contributed by atoms with Gasteiger partial charge in [0.05, 0.1) is 34.4 Å². The number of amides is 4. The minimum atomic E-state index is -4.84. The van der Waals surface area contributed by atoms with Gasteiger partial charge in [-0.1, -0.05) is 47.0 Å². The number of carbonyl (C=O) groups is 4. The van der Waals surface area contributed by atoms with Crippen molar-refractivity contribution in [3.05, 3.63) is 123 Å². The molecular formula is C38H29Cl2F4N5O6. The Hall–Kier alpha value is -5.25. The van der Waals surface area contributed by atoms with Gasteiger partial charge in [0, 0.05) is 12.1 Å². The minimum Gasteiger partial charge on any atom is -0.463 e. The molecule has 2 aliphatic heterocycles. The predicted octanol–water partition coefficient (Wildman–Crippen LogP) is 6.67. The van der Waals surface area contributed by atoms with E-state index in [1.54, 1.807) is 36.4 Å². The zero-order chi connectivity index (χ0) is 39.1. The molecule has 284 valence electrons. The van der Waals surface area contributed by atoms with E-state index in [1.807, 2.05) is 0 Å². The summed E-state index contributed by atoms with van der Waals surface area (Å²) in [7, 11) is 1.21. The van der Waals surface area contributed by atoms with Crippen molar-refractivity contribution in [1.29, 1.82) is 0 Å². The Balaban J connectivity index is 1.26. The molecule has 2 aromatic carbocycles. The molecule has 6 atom stereocenters. The van der Waals surface area contributed by atoms with E-state index in [4.69, 9.17) is 27.6 Å². The van der Waals surface area contributed by atoms with E-state index in [-0.39, 0.29) is 35.1 Å². The Morgan fingerprint density at radius 1 is 0.945 bits per heavy atom. The first-order valence-electron chi connectivity index (χ1n) is 17.1. The quantitative estimate of drug-likeness (QED) is 0.119. The summed E-state index contributed by atoms with van der Waals surface area (Å²) in [5.41, 5.74) is 1.00. The van der Waals surface area contributed by atoms with Gasteiger partial charge in [0.1, 0.15) is 35.1 Å². The fraction of sp³-hybridized carbons (Fsp3) is 0.289. The zero-order valence-corrected chi connectivity index (χ0v) is 30.1. The van der Waals surface area contributed by atoms with E-state index in [0.717, 1.165) is 33.2 Å². The van der Waals surface area contributed by atoms with E-state index >= 15 is 4.79 Å². The number of rotatable bonds is 7. The van der Waals surface area contributed by atoms with Crippen LogP contribution >= 0.6 is 23.2 Å². The smallest absolute Gasteiger partial charge is 0.433 e. The number of nitrogens with zero attached hydrogens (tertiary/aromatic N) is 4. The number of nitrogens with one attached hydrogen (secondary N) is 1. The number of halogens is 6. The summed E-state index contributed by atoms with van der Waals surface area (Å²) in [6.45, 7) is -0.483. The molecule has 4 heterocycles. The van der Waals surface area contributed by atoms with Crippen molar-refractivity contribution in [2.45, 2.75) is 37.0 Å². The first kappa shape index (κ1) is 36.7. The van der Waals surface area contributed by atoms with Gasteiger partial charge in [0.2, 0.25) is 0 Å². The maximum atomic E-state index is 15.1. The molecule has 2 aliphatic carbocycles. The summed E-state index contributed by atoms with van der Waals surface area (Å²) < 4.78 is 60.9. The number of benzene rings is 2. The Kier molecular flexibility index (Phi) is 8.81. The highest BCUT2D eigenvalue weighted by atomic mass is 35.5. The monoisotopic (exact) mass is 797 g/mol. The van der Waals surface area contributed by atoms with Crippen LogP contribution in [0.1, 0.15) is 41.5 Å². The first-order valence-corrected chi connectivity index (χ1v) is 17.8. The normalized spacial score (nSPS) is 26.2. The molecule has 11 nitrogen and oxygen atoms in total. The average Bonchev–Trinajstić information content (AvgIpc) is 3.79. The van der Waals surface area contributed by atoms with E-state index in [0.29, 0.717) is 22.2 Å². The van der Waals surface area contributed by atoms with Gasteiger partial charge in [-0.3, -0.25) is 29.6 Å². The van der Waals surface area contributed by atoms with Crippen LogP contribution in [-0.4, -0.2) is 50.8 Å². The number of carbonyl (C=O) groups excluding carboxylic acids is 4. The number of hydrogen-bond donors (Lipinski definition) is 2. The summed E-state index contributed by atoms with van der Waals surface area (Å²) in [6, 6.07) is 16.2. The molecule has 1 saturated carbocycles. The number of furan rings is 1. The van der Waals surface area contributed by atoms with Crippen LogP contribution in [-0.2, 0) is 37.4 Å². The highest BCUT2D eigenvalue weighted by Crippen LogP contribution is 2.64. The second-order valence-electron chi connectivity index (χ2n) is 13.8. The van der Waals surface area contributed by atoms with Crippen LogP contribution in [0.3, 0.4) is 0 Å². The maximum Gasteiger partial charge on any atom is 0.433 e. The molecular weight excluding hydrogens is 769 g/mol. The molecule has 55 heavy (non-hydrogen) atoms. The fourth-order valence-corrected chi connectivity index (χ4v) is 9.14. The van der Waals surface area contributed by atoms with E-state index in [9.17, 15) is 37.1 Å². The number of hydrogen-bond acceptors (Lipinski definition) is 9. The number of alkyl halides is 3. The molecule has 4 aromatic rings. The third kappa shape index (κ3) is 5.62. The zero-order valence-electron chi connectivity index (χ0n) is 28.6. The van der Waals surface area contributed by atoms with Gasteiger partial charge < -0.3 is 9.52 Å². The van der Waals surface area contributed by atoms with Crippen LogP contribution in [0.25, 0.3) is 0 Å². The van der Waals surface area contributed by atoms with Crippen molar-refractivity contribution >= 4 is 58.3 Å². The molecule has 4 aliphatic rings. The Morgan fingerprint density at radius 3 is 2.31 bits per heavy atom. The van der Waals surface area contributed by atoms with Gasteiger partial charge in [-0.25, -0.2) is 9.37 Å². The number of allylic oxidation sites excluding steroid dienone is 2. The lowest BCUT2D eigenvalue weighted by Crippen LogP contribution is -2.53. The van der Waals surface area contributed by atoms with Gasteiger partial charge >= 0.3 is 6.18 Å². The van der Waals surface area contributed by atoms with Gasteiger partial charge in [0.25, 0.3) is 23.6 Å². The number of fused-ring (bicyclic) bond motifs is 4. The van der Waals surface area contributed by atoms with Crippen molar-refractivity contribution in [3.8, 4) is 0 Å². The standard InChI is InChI=1S/C38H29Cl2F4N5O6/c1-47(32-27(40)13-15-29(45-32)38(42,43)44)49-33(51)24-12-11-23-25(30(24)35(49)53)16-26-34(52)48(46-21-8-6-20(41)7-9-21)36(54)37(26,18-2-4-19(39)5-3-18)31(23)28-14-10-22(17-50)55-28/h2-11,13-15,24-26,30-31,46,50H,12,16-17H2,1H3/t24-,25+,26-,30-,31+,37+/m0/s1. The third-order valence-electron chi connectivity index (χ3n) is 11.1. The van der Waals surface area contributed by atoms with Gasteiger partial charge in [-0.2, -0.15) is 23.2 Å². The third-order valence-corrected chi connectivity index (χ3v) is 11.6. The summed E-state index contributed by atoms with van der Waals surface area (Å²) in [6.07, 6.45) is -3.19. The van der Waals surface area contributed by atoms with Crippen molar-refractivity contribution in [1.82, 2.24) is 15.0 Å². The molecule has 8 rings (SSSR count). The molecule has 0 bridgehead atoms. The molecule has 0 unspecified atom stereocenters. The SMILES string of the molecule is CN(c1nc(C(F)(F)F)ccc1Cl)N1C(=O)[C@H]2[C@H](CC=C3[C@H]2C[C@H]2C(=O)N(Nc4ccc(F)cc4)C(=O)[C@@]2(c2ccc(Cl)cc2)[C@H]3c2ccc(CO)o2)C1=O. The van der Waals surface area contributed by atoms with E-state index < -0.39 is 88.7 Å². The topological polar surface area (TPSA) is 136 Å². The van der Waals surface area contributed by atoms with Gasteiger partial charge in [-0.05, 0) is 85.0 Å². The highest BCUT2D eigenvalue weighted by molar-refractivity contribution is 6.33. The molecule has 17 heteroatoms. The van der Waals surface area contributed by atoms with E-state index in [2.05, 4.69) is 10.4 Å². The highest BCUT2D eigenvalue weighted by Gasteiger charge is 2.71. The lowest BCUT2D eigenvalue weighted by atomic mass is 9.50. The predicted molar refractivity (Wildman–Crippen MR) is 188 cm³/mol. The number of aromatic nitrogens is 1. The second-order valence-corrected chi connectivity index (χ2v) is 14.7. The molecule has 2 aromatic heterocycles. The number of aliphatic hydroxyl groups is 1. The number of hydrazine groups is 2. The van der Waals surface area contributed by atoms with Crippen molar-refractivity contribution in [2.24, 2.45) is 23.7 Å². The van der Waals surface area contributed by atoms with Crippen molar-refractivity contribution in [3.63, 3.8) is 0 Å². The Morgan fingerprint density at radius 2 is 1.65 bits per heavy atom. The van der Waals surface area contributed by atoms with Crippen LogP contribution in [0.5, 0.6) is 0 Å². The summed E-state index contributed by atoms with van der Waals surface area (Å²) >= 11 is 12.6. The van der Waals surface area contributed by atoms with Crippen molar-refractivity contribution < 1.29 is 46.3 Å². The van der Waals surface area contributed by atoms with Crippen LogP contribution in [0.4, 0.5) is 29.1 Å². The molecule has 0 radical (unpaired) electrons. The van der Waals surface area contributed by atoms with Crippen LogP contribution in [0.15, 0.2) is 88.9 Å². The average molecular weight is 799 g/mol. The number of imide groups is 2. The van der Waals surface area contributed by atoms with E-state index in [1.165, 1.54) is 25.2 Å². The molecule has 0 spiro atoms. The molecule has 2 N–H and O–H groups in total. The largest absolute Gasteiger partial charge is 0.463 e. The Labute approximate surface area is 320 Å².